The molecule has 1 rings (SSSR count). The molecule has 24 nitrogen and oxygen atoms in total. The Kier molecular flexibility index (Phi) is 24.4. The molecule has 1 heterocycles. The van der Waals surface area contributed by atoms with E-state index in [4.69, 9.17) is 0 Å². The first kappa shape index (κ1) is 77.6. The maximum atomic E-state index is 13.9. The number of hydrogen-bond donors (Lipinski definition) is 0. The lowest BCUT2D eigenvalue weighted by Gasteiger charge is -2.32. The van der Waals surface area contributed by atoms with Crippen LogP contribution in [-0.4, -0.2) is 251 Å². The molecule has 0 N–H and O–H groups in total. The summed E-state index contributed by atoms with van der Waals surface area (Å²) in [4.78, 5) is 0. The Balaban J connectivity index is 4.62. The van der Waals surface area contributed by atoms with Crippen LogP contribution in [0.25, 0.3) is 0 Å². The average Bonchev–Trinajstić information content (AvgIpc) is 3.23. The minimum absolute atomic E-state index is 1.23. The molecule has 1 aliphatic rings. The van der Waals surface area contributed by atoms with Gasteiger partial charge in [-0.15, -0.1) is 0 Å². The van der Waals surface area contributed by atoms with Crippen LogP contribution in [0.3, 0.4) is 0 Å². The van der Waals surface area contributed by atoms with Crippen molar-refractivity contribution in [2.45, 2.75) is 56.9 Å². The fourth-order valence-electron chi connectivity index (χ4n) is 6.17. The molecule has 0 aromatic rings. The highest BCUT2D eigenvalue weighted by Gasteiger charge is 2.58. The Labute approximate surface area is 447 Å². The van der Waals surface area contributed by atoms with Gasteiger partial charge in [0, 0.05) is 105 Å². The molecule has 0 aromatic carbocycles. The summed E-state index contributed by atoms with van der Waals surface area (Å²) in [6, 6.07) is 0. The second kappa shape index (κ2) is 25.7. The normalized spacial score (nSPS) is 21.2. The first-order chi connectivity index (χ1) is 35.8. The largest absolute Gasteiger partial charge is 0.511 e. The van der Waals surface area contributed by atoms with E-state index in [0.717, 1.165) is 0 Å². The second-order valence-electron chi connectivity index (χ2n) is 15.5. The fourth-order valence-corrected chi connectivity index (χ4v) is 13.9. The van der Waals surface area contributed by atoms with Crippen molar-refractivity contribution in [1.82, 2.24) is 34.4 Å². The maximum Gasteiger partial charge on any atom is 0.511 e. The third-order valence-corrected chi connectivity index (χ3v) is 23.3. The SMILES string of the molecule is O=S(=O)(N1CCCN(S(=O)(=O)C(F)(F)F)CCN(S(=O)(=O)C(F)(F)F)CCN(S(=O)(=O)C(F)(F)F)CCN(S(=O)(=O)C(F)(F)F)CCN(S(=O)(=O)C(F)(F)F)CCN(S(=O)(=O)C(F)(F)F)CCCN(S(=O)(=O)C(F)(F)F)CC1)C(F)(F)F. The molecule has 492 valence electrons. The zero-order valence-electron chi connectivity index (χ0n) is 39.2. The molecule has 56 heteroatoms. The van der Waals surface area contributed by atoms with Crippen LogP contribution < -0.4 is 0 Å². The molecule has 1 fully saturated rings. The van der Waals surface area contributed by atoms with Gasteiger partial charge >= 0.3 is 124 Å². The van der Waals surface area contributed by atoms with Gasteiger partial charge in [-0.3, -0.25) is 0 Å². The Morgan fingerprint density at radius 3 is 0.305 bits per heavy atom. The molecule has 0 aliphatic carbocycles. The van der Waals surface area contributed by atoms with E-state index in [1.165, 1.54) is 0 Å². The van der Waals surface area contributed by atoms with Crippen molar-refractivity contribution in [3.63, 3.8) is 0 Å². The number of halogens is 24. The van der Waals surface area contributed by atoms with E-state index in [-0.39, 0.29) is 0 Å². The number of nitrogens with zero attached hydrogens (tertiary/aromatic N) is 8. The molecule has 0 saturated carbocycles. The van der Waals surface area contributed by atoms with Crippen LogP contribution in [0.4, 0.5) is 105 Å². The second-order valence-corrected chi connectivity index (χ2v) is 30.9. The molecule has 0 atom stereocenters. The summed E-state index contributed by atoms with van der Waals surface area (Å²) in [5, 5.41) is 0. The Bertz CT molecular complexity index is 2920. The summed E-state index contributed by atoms with van der Waals surface area (Å²) in [5.41, 5.74) is -54.7. The van der Waals surface area contributed by atoms with E-state index < -0.39 is 276 Å². The van der Waals surface area contributed by atoms with Crippen molar-refractivity contribution < 1.29 is 173 Å². The van der Waals surface area contributed by atoms with Gasteiger partial charge < -0.3 is 0 Å². The Morgan fingerprint density at radius 1 is 0.159 bits per heavy atom. The van der Waals surface area contributed by atoms with Gasteiger partial charge in [0.05, 0.1) is 0 Å². The summed E-state index contributed by atoms with van der Waals surface area (Å²) in [6.07, 6.45) is -3.97. The van der Waals surface area contributed by atoms with Crippen LogP contribution in [-0.2, 0) is 80.2 Å². The lowest BCUT2D eigenvalue weighted by Crippen LogP contribution is -2.54. The Hall–Kier alpha value is -2.40. The van der Waals surface area contributed by atoms with Crippen LogP contribution >= 0.6 is 0 Å². The van der Waals surface area contributed by atoms with Crippen molar-refractivity contribution in [2.75, 3.05) is 105 Å². The third kappa shape index (κ3) is 17.9. The minimum Gasteiger partial charge on any atom is -0.203 e. The van der Waals surface area contributed by atoms with E-state index in [9.17, 15) is 173 Å². The number of rotatable bonds is 8. The van der Waals surface area contributed by atoms with Gasteiger partial charge in [-0.2, -0.15) is 140 Å². The van der Waals surface area contributed by atoms with Crippen molar-refractivity contribution in [1.29, 1.82) is 0 Å². The van der Waals surface area contributed by atoms with Crippen LogP contribution in [0.5, 0.6) is 0 Å². The minimum atomic E-state index is -7.51. The molecule has 1 aliphatic heterocycles. The molecule has 0 radical (unpaired) electrons. The molecule has 0 spiro atoms. The highest BCUT2D eigenvalue weighted by Crippen LogP contribution is 2.35. The van der Waals surface area contributed by atoms with E-state index >= 15 is 0 Å². The van der Waals surface area contributed by atoms with Gasteiger partial charge in [0.15, 0.2) is 0 Å². The van der Waals surface area contributed by atoms with Gasteiger partial charge in [0.1, 0.15) is 0 Å². The molecule has 0 bridgehead atoms. The zero-order chi connectivity index (χ0) is 65.3. The monoisotopic (exact) mass is 1430 g/mol. The summed E-state index contributed by atoms with van der Waals surface area (Å²) in [5.74, 6) is 0. The Morgan fingerprint density at radius 2 is 0.232 bits per heavy atom. The van der Waals surface area contributed by atoms with Crippen molar-refractivity contribution in [3.8, 4) is 0 Å². The predicted octanol–water partition coefficient (Wildman–Crippen LogP) is 1.99. The molecular formula is C26H36F24N8O16S8. The molecular weight excluding hydrogens is 1390 g/mol. The fraction of sp³-hybridized carbons (Fsp3) is 1.00. The summed E-state index contributed by atoms with van der Waals surface area (Å²) in [7, 11) is -59.1. The van der Waals surface area contributed by atoms with E-state index in [2.05, 4.69) is 0 Å². The van der Waals surface area contributed by atoms with Crippen LogP contribution in [0.2, 0.25) is 0 Å². The van der Waals surface area contributed by atoms with Crippen molar-refractivity contribution >= 4 is 80.2 Å². The van der Waals surface area contributed by atoms with Gasteiger partial charge in [0.25, 0.3) is 0 Å². The number of alkyl halides is 24. The quantitative estimate of drug-likeness (QED) is 0.314. The first-order valence-corrected chi connectivity index (χ1v) is 31.9. The molecule has 82 heavy (non-hydrogen) atoms. The molecule has 0 amide bonds. The molecule has 1 saturated heterocycles. The van der Waals surface area contributed by atoms with E-state index in [0.29, 0.717) is 0 Å². The average molecular weight is 1430 g/mol. The zero-order valence-corrected chi connectivity index (χ0v) is 45.7. The van der Waals surface area contributed by atoms with Crippen LogP contribution in [0, 0.1) is 0 Å². The van der Waals surface area contributed by atoms with Gasteiger partial charge in [-0.25, -0.2) is 67.3 Å². The van der Waals surface area contributed by atoms with E-state index in [1.54, 1.807) is 0 Å². The van der Waals surface area contributed by atoms with Crippen LogP contribution in [0.1, 0.15) is 12.8 Å². The first-order valence-electron chi connectivity index (χ1n) is 20.4. The summed E-state index contributed by atoms with van der Waals surface area (Å²) >= 11 is 0. The molecule has 0 aromatic heterocycles. The van der Waals surface area contributed by atoms with Gasteiger partial charge in [-0.1, -0.05) is 0 Å². The lowest BCUT2D eigenvalue weighted by atomic mass is 10.4. The predicted molar refractivity (Wildman–Crippen MR) is 222 cm³/mol. The summed E-state index contributed by atoms with van der Waals surface area (Å²) in [6.45, 7) is -40.3. The van der Waals surface area contributed by atoms with Gasteiger partial charge in [-0.05, 0) is 12.8 Å². The highest BCUT2D eigenvalue weighted by atomic mass is 32.2. The maximum absolute atomic E-state index is 13.9. The van der Waals surface area contributed by atoms with E-state index in [1.807, 2.05) is 0 Å². The smallest absolute Gasteiger partial charge is 0.203 e. The third-order valence-electron chi connectivity index (χ3n) is 10.3. The molecule has 0 unspecified atom stereocenters. The van der Waals surface area contributed by atoms with Gasteiger partial charge in [0.2, 0.25) is 0 Å². The standard InChI is InChI=1S/C26H36F24N8O16S8/c27-19(28,29)75(59,60)51-3-1-5-53(77(63,64)21(33,34)35)9-11-55(79(67,68)23(39,40)41)13-15-57(81(71,72)25(45,46)47)17-18-58(82(73,74)26(48,49)50)16-14-56(80(69,70)24(42,43)44)12-10-54(78(65,66)22(36,37)38)6-2-4-52(8-7-51)76(61,62)20(30,31)32/h1-18H2. The topological polar surface area (TPSA) is 299 Å². The van der Waals surface area contributed by atoms with Crippen molar-refractivity contribution in [3.05, 3.63) is 0 Å². The van der Waals surface area contributed by atoms with Crippen LogP contribution in [0.15, 0.2) is 0 Å². The lowest BCUT2D eigenvalue weighted by molar-refractivity contribution is -0.0526. The summed E-state index contributed by atoms with van der Waals surface area (Å²) < 4.78 is 522. The highest BCUT2D eigenvalue weighted by molar-refractivity contribution is 7.92. The number of sulfonamides is 8. The number of hydrogen-bond acceptors (Lipinski definition) is 16. The van der Waals surface area contributed by atoms with Crippen molar-refractivity contribution in [2.24, 2.45) is 0 Å².